The molecule has 0 radical (unpaired) electrons. The molecule has 1 atom stereocenters. The number of aromatic nitrogens is 4. The summed E-state index contributed by atoms with van der Waals surface area (Å²) in [5.41, 5.74) is 0.334. The van der Waals surface area contributed by atoms with Crippen molar-refractivity contribution in [2.75, 3.05) is 19.5 Å². The second kappa shape index (κ2) is 8.26. The van der Waals surface area contributed by atoms with E-state index in [1.54, 1.807) is 24.3 Å². The standard InChI is InChI=1S/C20H16N6O6/c1-31-14-6-4-3-5-13(14)17-15(18(27)11-7-9-12(10-8-11)26(29)30)16(19(28)32-2)21-20-22-23-24-25(17)20/h3-10,17H,1-2H3,(H,21,22,24)/t17-/m1/s1. The molecule has 0 unspecified atom stereocenters. The van der Waals surface area contributed by atoms with Gasteiger partial charge in [-0.25, -0.2) is 4.79 Å². The molecule has 1 N–H and O–H groups in total. The van der Waals surface area contributed by atoms with E-state index in [9.17, 15) is 19.7 Å². The van der Waals surface area contributed by atoms with Gasteiger partial charge in [0.2, 0.25) is 5.95 Å². The topological polar surface area (TPSA) is 151 Å². The lowest BCUT2D eigenvalue weighted by Gasteiger charge is -2.28. The molecule has 1 aliphatic rings. The minimum Gasteiger partial charge on any atom is -0.496 e. The zero-order valence-corrected chi connectivity index (χ0v) is 16.9. The number of allylic oxidation sites excluding steroid dienone is 1. The Morgan fingerprint density at radius 3 is 2.50 bits per heavy atom. The number of ketones is 1. The number of hydrogen-bond acceptors (Lipinski definition) is 10. The van der Waals surface area contributed by atoms with E-state index in [2.05, 4.69) is 20.8 Å². The average molecular weight is 436 g/mol. The van der Waals surface area contributed by atoms with Gasteiger partial charge in [-0.3, -0.25) is 14.9 Å². The minimum atomic E-state index is -0.936. The number of rotatable bonds is 6. The highest BCUT2D eigenvalue weighted by Crippen LogP contribution is 2.40. The predicted octanol–water partition coefficient (Wildman–Crippen LogP) is 1.91. The van der Waals surface area contributed by atoms with E-state index < -0.39 is 22.7 Å². The van der Waals surface area contributed by atoms with Crippen LogP contribution in [0.4, 0.5) is 11.6 Å². The summed E-state index contributed by atoms with van der Waals surface area (Å²) in [5.74, 6) is -0.796. The van der Waals surface area contributed by atoms with Crippen LogP contribution in [0.25, 0.3) is 0 Å². The van der Waals surface area contributed by atoms with Crippen molar-refractivity contribution in [3.05, 3.63) is 81.0 Å². The van der Waals surface area contributed by atoms with Gasteiger partial charge >= 0.3 is 5.97 Å². The van der Waals surface area contributed by atoms with Crippen molar-refractivity contribution in [2.45, 2.75) is 6.04 Å². The summed E-state index contributed by atoms with van der Waals surface area (Å²) in [5, 5.41) is 25.2. The van der Waals surface area contributed by atoms with Gasteiger partial charge < -0.3 is 14.8 Å². The first-order chi connectivity index (χ1) is 15.5. The number of anilines is 1. The predicted molar refractivity (Wildman–Crippen MR) is 109 cm³/mol. The van der Waals surface area contributed by atoms with Gasteiger partial charge in [0, 0.05) is 23.3 Å². The number of fused-ring (bicyclic) bond motifs is 1. The Balaban J connectivity index is 1.94. The summed E-state index contributed by atoms with van der Waals surface area (Å²) in [7, 11) is 2.66. The van der Waals surface area contributed by atoms with Gasteiger partial charge in [0.15, 0.2) is 5.78 Å². The second-order valence-corrected chi connectivity index (χ2v) is 6.63. The molecular formula is C20H16N6O6. The lowest BCUT2D eigenvalue weighted by Crippen LogP contribution is -2.33. The first-order valence-corrected chi connectivity index (χ1v) is 9.25. The molecule has 0 amide bonds. The van der Waals surface area contributed by atoms with E-state index in [-0.39, 0.29) is 28.5 Å². The number of benzene rings is 2. The number of carbonyl (C=O) groups excluding carboxylic acids is 2. The highest BCUT2D eigenvalue weighted by Gasteiger charge is 2.39. The number of nitro groups is 1. The molecule has 12 nitrogen and oxygen atoms in total. The van der Waals surface area contributed by atoms with Crippen molar-refractivity contribution in [3.63, 3.8) is 0 Å². The summed E-state index contributed by atoms with van der Waals surface area (Å²) in [4.78, 5) is 36.7. The van der Waals surface area contributed by atoms with E-state index in [1.807, 2.05) is 0 Å². The Labute approximate surface area is 180 Å². The smallest absolute Gasteiger partial charge is 0.355 e. The molecule has 4 rings (SSSR count). The molecule has 1 aromatic heterocycles. The van der Waals surface area contributed by atoms with Gasteiger partial charge in [0.25, 0.3) is 5.69 Å². The number of nitrogens with zero attached hydrogens (tertiary/aromatic N) is 5. The van der Waals surface area contributed by atoms with E-state index in [1.165, 1.54) is 43.2 Å². The Hall–Kier alpha value is -4.61. The summed E-state index contributed by atoms with van der Waals surface area (Å²) in [6.07, 6.45) is 0. The van der Waals surface area contributed by atoms with Crippen LogP contribution in [-0.2, 0) is 9.53 Å². The number of non-ortho nitro benzene ring substituents is 1. The second-order valence-electron chi connectivity index (χ2n) is 6.63. The summed E-state index contributed by atoms with van der Waals surface area (Å²) < 4.78 is 11.7. The summed E-state index contributed by atoms with van der Waals surface area (Å²) in [6, 6.07) is 11.0. The summed E-state index contributed by atoms with van der Waals surface area (Å²) in [6.45, 7) is 0. The number of hydrogen-bond donors (Lipinski definition) is 1. The van der Waals surface area contributed by atoms with Crippen LogP contribution in [0.15, 0.2) is 59.8 Å². The van der Waals surface area contributed by atoms with Crippen molar-refractivity contribution in [3.8, 4) is 5.75 Å². The lowest BCUT2D eigenvalue weighted by molar-refractivity contribution is -0.384. The van der Waals surface area contributed by atoms with Crippen molar-refractivity contribution < 1.29 is 24.0 Å². The number of esters is 1. The number of methoxy groups -OCH3 is 2. The zero-order valence-electron chi connectivity index (χ0n) is 16.9. The molecule has 2 heterocycles. The molecule has 32 heavy (non-hydrogen) atoms. The van der Waals surface area contributed by atoms with Crippen LogP contribution in [0.2, 0.25) is 0 Å². The largest absolute Gasteiger partial charge is 0.496 e. The molecule has 0 fully saturated rings. The molecule has 12 heteroatoms. The Morgan fingerprint density at radius 1 is 1.12 bits per heavy atom. The van der Waals surface area contributed by atoms with Crippen molar-refractivity contribution >= 4 is 23.4 Å². The highest BCUT2D eigenvalue weighted by atomic mass is 16.6. The number of Topliss-reactive ketones (excluding diaryl/α,β-unsaturated/α-hetero) is 1. The van der Waals surface area contributed by atoms with E-state index in [4.69, 9.17) is 9.47 Å². The first kappa shape index (κ1) is 20.7. The summed E-state index contributed by atoms with van der Waals surface area (Å²) >= 11 is 0. The number of ether oxygens (including phenoxy) is 2. The van der Waals surface area contributed by atoms with Gasteiger partial charge in [-0.05, 0) is 28.6 Å². The fourth-order valence-electron chi connectivity index (χ4n) is 3.46. The van der Waals surface area contributed by atoms with Crippen LogP contribution in [0.3, 0.4) is 0 Å². The van der Waals surface area contributed by atoms with Crippen LogP contribution < -0.4 is 10.1 Å². The molecule has 0 bridgehead atoms. The number of carbonyl (C=O) groups is 2. The van der Waals surface area contributed by atoms with Crippen LogP contribution in [-0.4, -0.2) is 51.1 Å². The maximum Gasteiger partial charge on any atom is 0.355 e. The van der Waals surface area contributed by atoms with Crippen LogP contribution in [0, 0.1) is 10.1 Å². The van der Waals surface area contributed by atoms with Crippen LogP contribution in [0.5, 0.6) is 5.75 Å². The number of tetrazole rings is 1. The maximum atomic E-state index is 13.6. The third-order valence-electron chi connectivity index (χ3n) is 4.92. The normalized spacial score (nSPS) is 14.9. The van der Waals surface area contributed by atoms with E-state index >= 15 is 0 Å². The molecule has 2 aromatic carbocycles. The molecule has 0 aliphatic carbocycles. The molecule has 1 aliphatic heterocycles. The lowest BCUT2D eigenvalue weighted by atomic mass is 9.89. The van der Waals surface area contributed by atoms with Gasteiger partial charge in [-0.1, -0.05) is 23.3 Å². The number of para-hydroxylation sites is 1. The fraction of sp³-hybridized carbons (Fsp3) is 0.150. The third-order valence-corrected chi connectivity index (χ3v) is 4.92. The van der Waals surface area contributed by atoms with E-state index in [0.29, 0.717) is 11.3 Å². The molecule has 0 spiro atoms. The number of nitro benzene ring substituents is 1. The molecule has 0 saturated carbocycles. The zero-order chi connectivity index (χ0) is 22.8. The highest BCUT2D eigenvalue weighted by molar-refractivity contribution is 6.15. The van der Waals surface area contributed by atoms with E-state index in [0.717, 1.165) is 0 Å². The monoisotopic (exact) mass is 436 g/mol. The van der Waals surface area contributed by atoms with Crippen molar-refractivity contribution in [2.24, 2.45) is 0 Å². The van der Waals surface area contributed by atoms with Crippen molar-refractivity contribution in [1.29, 1.82) is 0 Å². The average Bonchev–Trinajstić information content (AvgIpc) is 3.30. The maximum absolute atomic E-state index is 13.6. The molecular weight excluding hydrogens is 420 g/mol. The number of nitrogens with one attached hydrogen (secondary N) is 1. The SMILES string of the molecule is COC(=O)C1=C(C(=O)c2ccc([N+](=O)[O-])cc2)[C@@H](c2ccccc2OC)n2nnnc2N1. The quantitative estimate of drug-likeness (QED) is 0.262. The Bertz CT molecular complexity index is 1250. The van der Waals surface area contributed by atoms with Gasteiger partial charge in [-0.2, -0.15) is 4.68 Å². The minimum absolute atomic E-state index is 0.00463. The van der Waals surface area contributed by atoms with Gasteiger partial charge in [0.1, 0.15) is 17.5 Å². The van der Waals surface area contributed by atoms with Gasteiger partial charge in [0.05, 0.1) is 24.7 Å². The van der Waals surface area contributed by atoms with Crippen LogP contribution >= 0.6 is 0 Å². The molecule has 0 saturated heterocycles. The molecule has 162 valence electrons. The van der Waals surface area contributed by atoms with Crippen LogP contribution in [0.1, 0.15) is 22.0 Å². The first-order valence-electron chi connectivity index (χ1n) is 9.25. The fourth-order valence-corrected chi connectivity index (χ4v) is 3.46. The molecule has 3 aromatic rings. The Morgan fingerprint density at radius 2 is 1.84 bits per heavy atom. The van der Waals surface area contributed by atoms with Gasteiger partial charge in [-0.15, -0.1) is 0 Å². The third kappa shape index (κ3) is 3.43. The Kier molecular flexibility index (Phi) is 5.33. The van der Waals surface area contributed by atoms with Crippen molar-refractivity contribution in [1.82, 2.24) is 20.2 Å².